The highest BCUT2D eigenvalue weighted by molar-refractivity contribution is 5.95. The number of likely N-dealkylation sites (tertiary alicyclic amines) is 1. The van der Waals surface area contributed by atoms with E-state index in [1.165, 1.54) is 0 Å². The van der Waals surface area contributed by atoms with Crippen LogP contribution >= 0.6 is 24.8 Å². The number of piperazine rings is 1. The second-order valence-corrected chi connectivity index (χ2v) is 7.68. The molecule has 1 unspecified atom stereocenters. The minimum atomic E-state index is -0.0539. The van der Waals surface area contributed by atoms with Crippen LogP contribution in [0.3, 0.4) is 0 Å². The number of amides is 2. The molecule has 1 aromatic rings. The molecule has 2 aliphatic heterocycles. The van der Waals surface area contributed by atoms with Crippen molar-refractivity contribution in [3.63, 3.8) is 0 Å². The molecule has 3 heterocycles. The zero-order chi connectivity index (χ0) is 19.9. The quantitative estimate of drug-likeness (QED) is 0.660. The number of carbonyl (C=O) groups is 2. The van der Waals surface area contributed by atoms with E-state index in [1.54, 1.807) is 12.3 Å². The van der Waals surface area contributed by atoms with Gasteiger partial charge in [-0.1, -0.05) is 0 Å². The van der Waals surface area contributed by atoms with Gasteiger partial charge in [0.2, 0.25) is 5.91 Å². The van der Waals surface area contributed by atoms with Gasteiger partial charge in [0, 0.05) is 70.0 Å². The van der Waals surface area contributed by atoms with E-state index in [4.69, 9.17) is 5.73 Å². The molecule has 2 fully saturated rings. The number of hydrogen-bond acceptors (Lipinski definition) is 6. The number of anilines is 1. The van der Waals surface area contributed by atoms with Gasteiger partial charge in [0.05, 0.1) is 0 Å². The van der Waals surface area contributed by atoms with Crippen LogP contribution in [0, 0.1) is 0 Å². The van der Waals surface area contributed by atoms with Gasteiger partial charge in [0.1, 0.15) is 5.82 Å². The monoisotopic (exact) mass is 460 g/mol. The lowest BCUT2D eigenvalue weighted by molar-refractivity contribution is -0.121. The maximum absolute atomic E-state index is 13.2. The van der Waals surface area contributed by atoms with E-state index in [1.807, 2.05) is 11.0 Å². The van der Waals surface area contributed by atoms with Crippen LogP contribution in [0.25, 0.3) is 0 Å². The van der Waals surface area contributed by atoms with Gasteiger partial charge in [0.25, 0.3) is 5.91 Å². The summed E-state index contributed by atoms with van der Waals surface area (Å²) in [5, 5.41) is 2.92. The summed E-state index contributed by atoms with van der Waals surface area (Å²) in [6.07, 6.45) is 5.02. The van der Waals surface area contributed by atoms with Crippen LogP contribution < -0.4 is 16.0 Å². The third-order valence-corrected chi connectivity index (χ3v) is 5.61. The SMILES string of the molecule is CN1CCN(c2cc(C(=O)N3CCCCC3CNC(=O)CCN)ccn2)CC1.Cl.Cl. The first kappa shape index (κ1) is 26.4. The number of carbonyl (C=O) groups excluding carboxylic acids is 2. The summed E-state index contributed by atoms with van der Waals surface area (Å²) in [6, 6.07) is 3.73. The lowest BCUT2D eigenvalue weighted by atomic mass is 10.0. The third-order valence-electron chi connectivity index (χ3n) is 5.61. The number of aromatic nitrogens is 1. The molecule has 8 nitrogen and oxygen atoms in total. The highest BCUT2D eigenvalue weighted by Gasteiger charge is 2.28. The number of likely N-dealkylation sites (N-methyl/N-ethyl adjacent to an activating group) is 1. The summed E-state index contributed by atoms with van der Waals surface area (Å²) < 4.78 is 0. The molecular weight excluding hydrogens is 427 g/mol. The first-order valence-electron chi connectivity index (χ1n) is 10.3. The van der Waals surface area contributed by atoms with Crippen LogP contribution in [0.15, 0.2) is 18.3 Å². The van der Waals surface area contributed by atoms with Gasteiger partial charge >= 0.3 is 0 Å². The van der Waals surface area contributed by atoms with Crippen LogP contribution in [0.4, 0.5) is 5.82 Å². The van der Waals surface area contributed by atoms with Crippen molar-refractivity contribution < 1.29 is 9.59 Å². The largest absolute Gasteiger partial charge is 0.354 e. The van der Waals surface area contributed by atoms with Crippen molar-refractivity contribution in [3.05, 3.63) is 23.9 Å². The molecule has 0 aliphatic carbocycles. The summed E-state index contributed by atoms with van der Waals surface area (Å²) in [7, 11) is 2.12. The van der Waals surface area contributed by atoms with Gasteiger partial charge in [-0.25, -0.2) is 4.98 Å². The van der Waals surface area contributed by atoms with E-state index in [2.05, 4.69) is 27.1 Å². The van der Waals surface area contributed by atoms with Crippen LogP contribution in [0.2, 0.25) is 0 Å². The third kappa shape index (κ3) is 6.97. The molecule has 3 N–H and O–H groups in total. The molecule has 0 spiro atoms. The molecule has 0 radical (unpaired) electrons. The van der Waals surface area contributed by atoms with Crippen LogP contribution in [0.1, 0.15) is 36.0 Å². The number of piperidine rings is 1. The van der Waals surface area contributed by atoms with Crippen LogP contribution in [-0.2, 0) is 4.79 Å². The normalized spacial score (nSPS) is 19.5. The fraction of sp³-hybridized carbons (Fsp3) is 0.650. The summed E-state index contributed by atoms with van der Waals surface area (Å²) in [4.78, 5) is 35.9. The Kier molecular flexibility index (Phi) is 11.4. The smallest absolute Gasteiger partial charge is 0.254 e. The summed E-state index contributed by atoms with van der Waals surface area (Å²) in [6.45, 7) is 5.38. The Morgan fingerprint density at radius 3 is 2.60 bits per heavy atom. The van der Waals surface area contributed by atoms with Crippen molar-refractivity contribution in [2.75, 3.05) is 57.8 Å². The first-order chi connectivity index (χ1) is 13.6. The summed E-state index contributed by atoms with van der Waals surface area (Å²) in [5.74, 6) is 0.834. The molecule has 2 amide bonds. The Labute approximate surface area is 191 Å². The summed E-state index contributed by atoms with van der Waals surface area (Å²) in [5.41, 5.74) is 6.11. The fourth-order valence-corrected chi connectivity index (χ4v) is 3.86. The molecule has 1 aromatic heterocycles. The predicted octanol–water partition coefficient (Wildman–Crippen LogP) is 1.14. The van der Waals surface area contributed by atoms with Crippen molar-refractivity contribution in [1.29, 1.82) is 0 Å². The Hall–Kier alpha value is -1.61. The standard InChI is InChI=1S/C20H32N6O2.2ClH/c1-24-10-12-25(13-11-24)18-14-16(6-8-22-18)20(28)26-9-3-2-4-17(26)15-23-19(27)5-7-21;;/h6,8,14,17H,2-5,7,9-13,15,21H2,1H3,(H,23,27);2*1H. The Morgan fingerprint density at radius 2 is 1.90 bits per heavy atom. The average Bonchev–Trinajstić information content (AvgIpc) is 2.73. The highest BCUT2D eigenvalue weighted by atomic mass is 35.5. The van der Waals surface area contributed by atoms with E-state index >= 15 is 0 Å². The van der Waals surface area contributed by atoms with Gasteiger partial charge in [-0.05, 0) is 38.4 Å². The van der Waals surface area contributed by atoms with Crippen molar-refractivity contribution in [1.82, 2.24) is 20.1 Å². The number of nitrogens with one attached hydrogen (secondary N) is 1. The first-order valence-corrected chi connectivity index (χ1v) is 10.3. The maximum Gasteiger partial charge on any atom is 0.254 e. The van der Waals surface area contributed by atoms with E-state index in [9.17, 15) is 9.59 Å². The van der Waals surface area contributed by atoms with E-state index in [0.717, 1.165) is 57.8 Å². The minimum Gasteiger partial charge on any atom is -0.354 e. The van der Waals surface area contributed by atoms with Crippen LogP contribution in [-0.4, -0.2) is 85.5 Å². The van der Waals surface area contributed by atoms with E-state index < -0.39 is 0 Å². The van der Waals surface area contributed by atoms with Crippen molar-refractivity contribution in [2.45, 2.75) is 31.7 Å². The second-order valence-electron chi connectivity index (χ2n) is 7.68. The molecule has 0 bridgehead atoms. The van der Waals surface area contributed by atoms with Gasteiger partial charge in [0.15, 0.2) is 0 Å². The lowest BCUT2D eigenvalue weighted by Gasteiger charge is -2.36. The lowest BCUT2D eigenvalue weighted by Crippen LogP contribution is -2.49. The van der Waals surface area contributed by atoms with E-state index in [-0.39, 0.29) is 42.7 Å². The van der Waals surface area contributed by atoms with E-state index in [0.29, 0.717) is 25.1 Å². The number of pyridine rings is 1. The number of nitrogens with two attached hydrogens (primary N) is 1. The maximum atomic E-state index is 13.2. The van der Waals surface area contributed by atoms with Crippen molar-refractivity contribution >= 4 is 42.4 Å². The molecule has 170 valence electrons. The van der Waals surface area contributed by atoms with Crippen molar-refractivity contribution in [3.8, 4) is 0 Å². The molecular formula is C20H34Cl2N6O2. The Morgan fingerprint density at radius 1 is 1.17 bits per heavy atom. The van der Waals surface area contributed by atoms with Gasteiger partial charge in [-0.3, -0.25) is 9.59 Å². The number of halogens is 2. The van der Waals surface area contributed by atoms with Gasteiger partial charge in [-0.15, -0.1) is 24.8 Å². The molecule has 30 heavy (non-hydrogen) atoms. The Balaban J connectivity index is 0.00000225. The molecule has 10 heteroatoms. The summed E-state index contributed by atoms with van der Waals surface area (Å²) >= 11 is 0. The predicted molar refractivity (Wildman–Crippen MR) is 124 cm³/mol. The topological polar surface area (TPSA) is 94.8 Å². The molecule has 0 aromatic carbocycles. The fourth-order valence-electron chi connectivity index (χ4n) is 3.86. The second kappa shape index (κ2) is 12.9. The molecule has 3 rings (SSSR count). The minimum absolute atomic E-state index is 0. The zero-order valence-electron chi connectivity index (χ0n) is 17.6. The van der Waals surface area contributed by atoms with Gasteiger partial charge in [-0.2, -0.15) is 0 Å². The molecule has 2 aliphatic rings. The average molecular weight is 461 g/mol. The molecule has 2 saturated heterocycles. The van der Waals surface area contributed by atoms with Crippen molar-refractivity contribution in [2.24, 2.45) is 5.73 Å². The Bertz CT molecular complexity index is 685. The number of nitrogens with zero attached hydrogens (tertiary/aromatic N) is 4. The molecule has 0 saturated carbocycles. The van der Waals surface area contributed by atoms with Crippen LogP contribution in [0.5, 0.6) is 0 Å². The molecule has 1 atom stereocenters. The number of hydrogen-bond donors (Lipinski definition) is 2. The number of rotatable bonds is 6. The van der Waals surface area contributed by atoms with Gasteiger partial charge < -0.3 is 25.8 Å². The zero-order valence-corrected chi connectivity index (χ0v) is 19.2. The highest BCUT2D eigenvalue weighted by Crippen LogP contribution is 2.21.